The van der Waals surface area contributed by atoms with Gasteiger partial charge in [-0.05, 0) is 32.5 Å². The van der Waals surface area contributed by atoms with Crippen LogP contribution in [-0.4, -0.2) is 50.8 Å². The number of nitrogens with one attached hydrogen (secondary N) is 2. The molecule has 0 unspecified atom stereocenters. The predicted octanol–water partition coefficient (Wildman–Crippen LogP) is -0.822. The standard InChI is InChI=1S/C9H22N4/c10-3-1-4-11-6-8-13-7-2-5-12-9-13/h11-12H,1-10H2. The second-order valence-electron chi connectivity index (χ2n) is 3.52. The topological polar surface area (TPSA) is 53.3 Å². The Bertz CT molecular complexity index is 112. The van der Waals surface area contributed by atoms with Crippen LogP contribution in [0.25, 0.3) is 0 Å². The van der Waals surface area contributed by atoms with E-state index in [-0.39, 0.29) is 0 Å². The molecule has 0 aliphatic carbocycles. The van der Waals surface area contributed by atoms with E-state index in [0.717, 1.165) is 39.3 Å². The quantitative estimate of drug-likeness (QED) is 0.474. The van der Waals surface area contributed by atoms with Gasteiger partial charge < -0.3 is 16.4 Å². The largest absolute Gasteiger partial charge is 0.330 e. The Morgan fingerprint density at radius 3 is 3.00 bits per heavy atom. The van der Waals surface area contributed by atoms with Crippen molar-refractivity contribution in [2.45, 2.75) is 12.8 Å². The third kappa shape index (κ3) is 5.21. The highest BCUT2D eigenvalue weighted by molar-refractivity contribution is 4.64. The van der Waals surface area contributed by atoms with Gasteiger partial charge in [-0.25, -0.2) is 0 Å². The van der Waals surface area contributed by atoms with Crippen LogP contribution in [0.4, 0.5) is 0 Å². The molecule has 0 aromatic carbocycles. The van der Waals surface area contributed by atoms with E-state index in [2.05, 4.69) is 15.5 Å². The van der Waals surface area contributed by atoms with E-state index < -0.39 is 0 Å². The average molecular weight is 186 g/mol. The second-order valence-corrected chi connectivity index (χ2v) is 3.52. The van der Waals surface area contributed by atoms with Crippen LogP contribution in [-0.2, 0) is 0 Å². The molecule has 1 rings (SSSR count). The van der Waals surface area contributed by atoms with Gasteiger partial charge in [0.1, 0.15) is 0 Å². The molecule has 0 radical (unpaired) electrons. The Morgan fingerprint density at radius 1 is 1.38 bits per heavy atom. The summed E-state index contributed by atoms with van der Waals surface area (Å²) in [5, 5.41) is 6.75. The SMILES string of the molecule is NCCCNCCN1CCCNC1. The Morgan fingerprint density at radius 2 is 2.31 bits per heavy atom. The van der Waals surface area contributed by atoms with Gasteiger partial charge in [0, 0.05) is 26.3 Å². The van der Waals surface area contributed by atoms with Crippen LogP contribution >= 0.6 is 0 Å². The van der Waals surface area contributed by atoms with Crippen LogP contribution in [0.1, 0.15) is 12.8 Å². The van der Waals surface area contributed by atoms with Crippen LogP contribution in [0.2, 0.25) is 0 Å². The molecule has 4 heteroatoms. The van der Waals surface area contributed by atoms with Gasteiger partial charge in [-0.3, -0.25) is 4.90 Å². The fraction of sp³-hybridized carbons (Fsp3) is 1.00. The second kappa shape index (κ2) is 7.26. The molecule has 0 aromatic rings. The first-order chi connectivity index (χ1) is 6.43. The zero-order valence-electron chi connectivity index (χ0n) is 8.39. The van der Waals surface area contributed by atoms with Gasteiger partial charge in [-0.15, -0.1) is 0 Å². The van der Waals surface area contributed by atoms with Crippen molar-refractivity contribution in [3.8, 4) is 0 Å². The van der Waals surface area contributed by atoms with Gasteiger partial charge in [0.25, 0.3) is 0 Å². The van der Waals surface area contributed by atoms with Gasteiger partial charge in [-0.2, -0.15) is 0 Å². The molecule has 1 aliphatic heterocycles. The maximum Gasteiger partial charge on any atom is 0.0480 e. The number of hydrogen-bond acceptors (Lipinski definition) is 4. The predicted molar refractivity (Wildman–Crippen MR) is 55.6 cm³/mol. The lowest BCUT2D eigenvalue weighted by atomic mass is 10.3. The molecule has 0 atom stereocenters. The molecular weight excluding hydrogens is 164 g/mol. The highest BCUT2D eigenvalue weighted by Crippen LogP contribution is 1.93. The first-order valence-electron chi connectivity index (χ1n) is 5.27. The van der Waals surface area contributed by atoms with Crippen molar-refractivity contribution in [1.82, 2.24) is 15.5 Å². The van der Waals surface area contributed by atoms with Crippen molar-refractivity contribution < 1.29 is 0 Å². The monoisotopic (exact) mass is 186 g/mol. The maximum atomic E-state index is 5.39. The van der Waals surface area contributed by atoms with Gasteiger partial charge in [0.05, 0.1) is 0 Å². The minimum atomic E-state index is 0.790. The van der Waals surface area contributed by atoms with E-state index in [1.54, 1.807) is 0 Å². The summed E-state index contributed by atoms with van der Waals surface area (Å²) in [5.41, 5.74) is 5.39. The van der Waals surface area contributed by atoms with Crippen molar-refractivity contribution in [3.63, 3.8) is 0 Å². The fourth-order valence-electron chi connectivity index (χ4n) is 1.52. The van der Waals surface area contributed by atoms with Crippen LogP contribution in [0, 0.1) is 0 Å². The van der Waals surface area contributed by atoms with E-state index in [0.29, 0.717) is 0 Å². The zero-order valence-corrected chi connectivity index (χ0v) is 8.39. The number of nitrogens with two attached hydrogens (primary N) is 1. The van der Waals surface area contributed by atoms with E-state index >= 15 is 0 Å². The maximum absolute atomic E-state index is 5.39. The van der Waals surface area contributed by atoms with Crippen molar-refractivity contribution in [2.75, 3.05) is 45.9 Å². The van der Waals surface area contributed by atoms with Crippen LogP contribution < -0.4 is 16.4 Å². The molecule has 0 amide bonds. The summed E-state index contributed by atoms with van der Waals surface area (Å²) in [6, 6.07) is 0. The van der Waals surface area contributed by atoms with Crippen LogP contribution in [0.3, 0.4) is 0 Å². The van der Waals surface area contributed by atoms with Gasteiger partial charge >= 0.3 is 0 Å². The van der Waals surface area contributed by atoms with Gasteiger partial charge in [0.15, 0.2) is 0 Å². The Labute approximate surface area is 80.9 Å². The Balaban J connectivity index is 1.86. The van der Waals surface area contributed by atoms with E-state index in [1.165, 1.54) is 19.5 Å². The summed E-state index contributed by atoms with van der Waals surface area (Å²) in [7, 11) is 0. The van der Waals surface area contributed by atoms with Crippen LogP contribution in [0.5, 0.6) is 0 Å². The number of nitrogens with zero attached hydrogens (tertiary/aromatic N) is 1. The lowest BCUT2D eigenvalue weighted by molar-refractivity contribution is 0.216. The lowest BCUT2D eigenvalue weighted by Gasteiger charge is -2.27. The summed E-state index contributed by atoms with van der Waals surface area (Å²) < 4.78 is 0. The molecular formula is C9H22N4. The molecule has 1 aliphatic rings. The smallest absolute Gasteiger partial charge is 0.0480 e. The number of rotatable bonds is 6. The molecule has 0 saturated carbocycles. The van der Waals surface area contributed by atoms with E-state index in [9.17, 15) is 0 Å². The summed E-state index contributed by atoms with van der Waals surface area (Å²) >= 11 is 0. The summed E-state index contributed by atoms with van der Waals surface area (Å²) in [4.78, 5) is 2.44. The molecule has 4 N–H and O–H groups in total. The Hall–Kier alpha value is -0.160. The normalized spacial score (nSPS) is 19.2. The highest BCUT2D eigenvalue weighted by Gasteiger charge is 2.07. The Kier molecular flexibility index (Phi) is 6.10. The van der Waals surface area contributed by atoms with Crippen molar-refractivity contribution in [2.24, 2.45) is 5.73 Å². The molecule has 1 fully saturated rings. The van der Waals surface area contributed by atoms with Crippen molar-refractivity contribution in [3.05, 3.63) is 0 Å². The lowest BCUT2D eigenvalue weighted by Crippen LogP contribution is -2.44. The first kappa shape index (κ1) is 10.9. The van der Waals surface area contributed by atoms with Gasteiger partial charge in [-0.1, -0.05) is 0 Å². The molecule has 0 bridgehead atoms. The third-order valence-electron chi connectivity index (χ3n) is 2.33. The molecule has 0 spiro atoms. The van der Waals surface area contributed by atoms with E-state index in [4.69, 9.17) is 5.73 Å². The molecule has 0 aromatic heterocycles. The zero-order chi connectivity index (χ0) is 9.36. The summed E-state index contributed by atoms with van der Waals surface area (Å²) in [5.74, 6) is 0. The minimum Gasteiger partial charge on any atom is -0.330 e. The first-order valence-corrected chi connectivity index (χ1v) is 5.27. The van der Waals surface area contributed by atoms with Crippen molar-refractivity contribution in [1.29, 1.82) is 0 Å². The van der Waals surface area contributed by atoms with Crippen molar-refractivity contribution >= 4 is 0 Å². The molecule has 78 valence electrons. The van der Waals surface area contributed by atoms with E-state index in [1.807, 2.05) is 0 Å². The minimum absolute atomic E-state index is 0.790. The average Bonchev–Trinajstić information content (AvgIpc) is 2.19. The highest BCUT2D eigenvalue weighted by atomic mass is 15.2. The molecule has 13 heavy (non-hydrogen) atoms. The van der Waals surface area contributed by atoms with Gasteiger partial charge in [0.2, 0.25) is 0 Å². The molecule has 1 heterocycles. The van der Waals surface area contributed by atoms with Crippen LogP contribution in [0.15, 0.2) is 0 Å². The third-order valence-corrected chi connectivity index (χ3v) is 2.33. The summed E-state index contributed by atoms with van der Waals surface area (Å²) in [6.07, 6.45) is 2.36. The fourth-order valence-corrected chi connectivity index (χ4v) is 1.52. The summed E-state index contributed by atoms with van der Waals surface area (Å²) in [6.45, 7) is 7.55. The molecule has 1 saturated heterocycles. The number of hydrogen-bond donors (Lipinski definition) is 3. The molecule has 4 nitrogen and oxygen atoms in total.